The van der Waals surface area contributed by atoms with E-state index in [1.165, 1.54) is 0 Å². The van der Waals surface area contributed by atoms with Crippen LogP contribution in [0.3, 0.4) is 0 Å². The summed E-state index contributed by atoms with van der Waals surface area (Å²) in [7, 11) is -1.62. The second-order valence-corrected chi connectivity index (χ2v) is 9.48. The molecule has 1 aliphatic rings. The molecule has 0 aromatic heterocycles. The maximum atomic E-state index is 12.2. The van der Waals surface area contributed by atoms with Gasteiger partial charge in [0.15, 0.2) is 9.84 Å². The van der Waals surface area contributed by atoms with Gasteiger partial charge in [0.1, 0.15) is 0 Å². The van der Waals surface area contributed by atoms with Crippen molar-refractivity contribution in [1.29, 1.82) is 0 Å². The number of hydroxylamine groups is 1. The fraction of sp³-hybridized carbons (Fsp3) is 0.941. The SMILES string of the molecule is COC1CCC(COCCCS(=O)(=O)CC(C(=O)NO)C(C)C)CC1. The van der Waals surface area contributed by atoms with E-state index in [9.17, 15) is 13.2 Å². The van der Waals surface area contributed by atoms with Gasteiger partial charge in [-0.3, -0.25) is 10.0 Å². The maximum absolute atomic E-state index is 12.2. The van der Waals surface area contributed by atoms with Gasteiger partial charge in [0.25, 0.3) is 0 Å². The third-order valence-corrected chi connectivity index (χ3v) is 6.69. The number of sulfone groups is 1. The van der Waals surface area contributed by atoms with Crippen LogP contribution in [0.5, 0.6) is 0 Å². The Morgan fingerprint density at radius 2 is 1.88 bits per heavy atom. The second-order valence-electron chi connectivity index (χ2n) is 7.25. The molecule has 1 unspecified atom stereocenters. The van der Waals surface area contributed by atoms with Crippen LogP contribution >= 0.6 is 0 Å². The predicted molar refractivity (Wildman–Crippen MR) is 95.1 cm³/mol. The lowest BCUT2D eigenvalue weighted by atomic mass is 9.88. The van der Waals surface area contributed by atoms with Crippen molar-refractivity contribution in [3.63, 3.8) is 0 Å². The Morgan fingerprint density at radius 3 is 2.40 bits per heavy atom. The van der Waals surface area contributed by atoms with Crippen molar-refractivity contribution in [1.82, 2.24) is 5.48 Å². The Hall–Kier alpha value is -0.700. The van der Waals surface area contributed by atoms with Gasteiger partial charge in [0, 0.05) is 20.3 Å². The molecule has 0 heterocycles. The summed E-state index contributed by atoms with van der Waals surface area (Å²) in [4.78, 5) is 11.6. The molecule has 1 aliphatic carbocycles. The monoisotopic (exact) mass is 379 g/mol. The van der Waals surface area contributed by atoms with E-state index in [-0.39, 0.29) is 17.4 Å². The highest BCUT2D eigenvalue weighted by Crippen LogP contribution is 2.26. The average Bonchev–Trinajstić information content (AvgIpc) is 2.59. The molecule has 0 aliphatic heterocycles. The number of nitrogens with one attached hydrogen (secondary N) is 1. The molecule has 8 heteroatoms. The molecular formula is C17H33NO6S. The highest BCUT2D eigenvalue weighted by Gasteiger charge is 2.28. The van der Waals surface area contributed by atoms with E-state index in [1.54, 1.807) is 26.4 Å². The number of carbonyl (C=O) groups excluding carboxylic acids is 1. The van der Waals surface area contributed by atoms with Crippen LogP contribution in [0.25, 0.3) is 0 Å². The summed E-state index contributed by atoms with van der Waals surface area (Å²) >= 11 is 0. The Morgan fingerprint density at radius 1 is 1.24 bits per heavy atom. The largest absolute Gasteiger partial charge is 0.381 e. The van der Waals surface area contributed by atoms with Crippen molar-refractivity contribution in [3.8, 4) is 0 Å². The zero-order valence-electron chi connectivity index (χ0n) is 15.6. The van der Waals surface area contributed by atoms with Crippen molar-refractivity contribution >= 4 is 15.7 Å². The molecule has 0 aromatic carbocycles. The number of methoxy groups -OCH3 is 1. The summed E-state index contributed by atoms with van der Waals surface area (Å²) in [6, 6.07) is 0. The Labute approximate surface area is 151 Å². The molecule has 1 amide bonds. The van der Waals surface area contributed by atoms with Gasteiger partial charge < -0.3 is 9.47 Å². The highest BCUT2D eigenvalue weighted by atomic mass is 32.2. The molecule has 7 nitrogen and oxygen atoms in total. The van der Waals surface area contributed by atoms with Crippen LogP contribution in [0.2, 0.25) is 0 Å². The lowest BCUT2D eigenvalue weighted by Crippen LogP contribution is -2.36. The van der Waals surface area contributed by atoms with Gasteiger partial charge in [-0.15, -0.1) is 0 Å². The summed E-state index contributed by atoms with van der Waals surface area (Å²) in [5.74, 6) is -1.29. The van der Waals surface area contributed by atoms with Gasteiger partial charge >= 0.3 is 0 Å². The Bertz CT molecular complexity index is 485. The Balaban J connectivity index is 2.24. The lowest BCUT2D eigenvalue weighted by molar-refractivity contribution is -0.133. The molecule has 2 N–H and O–H groups in total. The molecule has 0 spiro atoms. The minimum Gasteiger partial charge on any atom is -0.381 e. The van der Waals surface area contributed by atoms with E-state index in [4.69, 9.17) is 14.7 Å². The van der Waals surface area contributed by atoms with Crippen LogP contribution in [0.4, 0.5) is 0 Å². The fourth-order valence-electron chi connectivity index (χ4n) is 3.18. The Kier molecular flexibility index (Phi) is 9.92. The van der Waals surface area contributed by atoms with Gasteiger partial charge in [0.2, 0.25) is 5.91 Å². The molecule has 1 saturated carbocycles. The van der Waals surface area contributed by atoms with Crippen LogP contribution in [0.1, 0.15) is 46.0 Å². The standard InChI is InChI=1S/C17H33NO6S/c1-13(2)16(17(19)18-20)12-25(21,22)10-4-9-24-11-14-5-7-15(23-3)8-6-14/h13-16,20H,4-12H2,1-3H3,(H,18,19). The number of rotatable bonds is 11. The molecule has 0 aromatic rings. The number of hydrogen-bond acceptors (Lipinski definition) is 6. The van der Waals surface area contributed by atoms with Gasteiger partial charge in [-0.2, -0.15) is 0 Å². The van der Waals surface area contributed by atoms with Crippen LogP contribution in [0.15, 0.2) is 0 Å². The van der Waals surface area contributed by atoms with Gasteiger partial charge in [-0.05, 0) is 43.9 Å². The van der Waals surface area contributed by atoms with Gasteiger partial charge in [-0.1, -0.05) is 13.8 Å². The third kappa shape index (κ3) is 8.48. The first-order valence-electron chi connectivity index (χ1n) is 9.04. The van der Waals surface area contributed by atoms with Crippen LogP contribution in [-0.4, -0.2) is 57.5 Å². The van der Waals surface area contributed by atoms with E-state index < -0.39 is 21.7 Å². The smallest absolute Gasteiger partial charge is 0.247 e. The normalized spacial score (nSPS) is 22.8. The van der Waals surface area contributed by atoms with Crippen LogP contribution in [-0.2, 0) is 24.1 Å². The molecular weight excluding hydrogens is 346 g/mol. The van der Waals surface area contributed by atoms with Crippen molar-refractivity contribution in [2.45, 2.75) is 52.1 Å². The topological polar surface area (TPSA) is 102 Å². The maximum Gasteiger partial charge on any atom is 0.247 e. The van der Waals surface area contributed by atoms with Crippen molar-refractivity contribution < 1.29 is 27.9 Å². The number of amides is 1. The average molecular weight is 380 g/mol. The summed E-state index contributed by atoms with van der Waals surface area (Å²) in [6.07, 6.45) is 5.07. The summed E-state index contributed by atoms with van der Waals surface area (Å²) in [5, 5.41) is 8.73. The van der Waals surface area contributed by atoms with Gasteiger partial charge in [0.05, 0.1) is 23.5 Å². The first-order valence-corrected chi connectivity index (χ1v) is 10.9. The van der Waals surface area contributed by atoms with E-state index >= 15 is 0 Å². The number of ether oxygens (including phenoxy) is 2. The van der Waals surface area contributed by atoms with E-state index in [2.05, 4.69) is 0 Å². The predicted octanol–water partition coefficient (Wildman–Crippen LogP) is 1.79. The van der Waals surface area contributed by atoms with E-state index in [1.807, 2.05) is 0 Å². The van der Waals surface area contributed by atoms with Crippen LogP contribution < -0.4 is 5.48 Å². The molecule has 0 bridgehead atoms. The second kappa shape index (κ2) is 11.1. The van der Waals surface area contributed by atoms with Crippen molar-refractivity contribution in [2.75, 3.05) is 31.8 Å². The minimum absolute atomic E-state index is 0.00859. The van der Waals surface area contributed by atoms with Crippen molar-refractivity contribution in [3.05, 3.63) is 0 Å². The first-order chi connectivity index (χ1) is 11.8. The molecule has 1 atom stereocenters. The minimum atomic E-state index is -3.37. The van der Waals surface area contributed by atoms with Crippen LogP contribution in [0, 0.1) is 17.8 Å². The van der Waals surface area contributed by atoms with Crippen molar-refractivity contribution in [2.24, 2.45) is 17.8 Å². The van der Waals surface area contributed by atoms with E-state index in [0.29, 0.717) is 31.7 Å². The lowest BCUT2D eigenvalue weighted by Gasteiger charge is -2.27. The number of hydrogen-bond donors (Lipinski definition) is 2. The fourth-order valence-corrected chi connectivity index (χ4v) is 4.98. The highest BCUT2D eigenvalue weighted by molar-refractivity contribution is 7.91. The summed E-state index contributed by atoms with van der Waals surface area (Å²) in [5.41, 5.74) is 1.55. The molecule has 1 rings (SSSR count). The molecule has 25 heavy (non-hydrogen) atoms. The molecule has 1 fully saturated rings. The first kappa shape index (κ1) is 22.3. The molecule has 148 valence electrons. The third-order valence-electron chi connectivity index (χ3n) is 4.91. The quantitative estimate of drug-likeness (QED) is 0.322. The van der Waals surface area contributed by atoms with Gasteiger partial charge in [-0.25, -0.2) is 13.9 Å². The zero-order valence-corrected chi connectivity index (χ0v) is 16.4. The number of carbonyl (C=O) groups is 1. The van der Waals surface area contributed by atoms with E-state index in [0.717, 1.165) is 25.7 Å². The summed E-state index contributed by atoms with van der Waals surface area (Å²) < 4.78 is 35.3. The zero-order chi connectivity index (χ0) is 18.9. The molecule has 0 radical (unpaired) electrons. The molecule has 0 saturated heterocycles. The summed E-state index contributed by atoms with van der Waals surface area (Å²) in [6.45, 7) is 4.59.